The van der Waals surface area contributed by atoms with E-state index in [1.807, 2.05) is 18.2 Å². The molecular weight excluding hydrogens is 298 g/mol. The number of nitrogens with one attached hydrogen (secondary N) is 1. The van der Waals surface area contributed by atoms with Gasteiger partial charge in [0.2, 0.25) is 0 Å². The molecule has 24 heavy (non-hydrogen) atoms. The zero-order valence-corrected chi connectivity index (χ0v) is 14.6. The van der Waals surface area contributed by atoms with Crippen LogP contribution in [0.2, 0.25) is 0 Å². The molecule has 1 aliphatic heterocycles. The highest BCUT2D eigenvalue weighted by molar-refractivity contribution is 5.46. The summed E-state index contributed by atoms with van der Waals surface area (Å²) in [7, 11) is 1.73. The highest BCUT2D eigenvalue weighted by atomic mass is 16.5. The number of hydrogen-bond acceptors (Lipinski definition) is 3. The highest BCUT2D eigenvalue weighted by Gasteiger charge is 2.30. The van der Waals surface area contributed by atoms with E-state index < -0.39 is 0 Å². The summed E-state index contributed by atoms with van der Waals surface area (Å²) in [5.74, 6) is 2.38. The first kappa shape index (κ1) is 16.8. The van der Waals surface area contributed by atoms with Crippen LogP contribution in [-0.4, -0.2) is 19.9 Å². The summed E-state index contributed by atoms with van der Waals surface area (Å²) in [4.78, 5) is 0. The van der Waals surface area contributed by atoms with Gasteiger partial charge in [-0.15, -0.1) is 0 Å². The lowest BCUT2D eigenvalue weighted by molar-refractivity contribution is 0.0754. The Balaban J connectivity index is 1.67. The molecule has 0 amide bonds. The third-order valence-electron chi connectivity index (χ3n) is 4.72. The van der Waals surface area contributed by atoms with Gasteiger partial charge in [0.05, 0.1) is 7.11 Å². The van der Waals surface area contributed by atoms with E-state index in [1.54, 1.807) is 7.11 Å². The molecule has 3 rings (SSSR count). The Kier molecular flexibility index (Phi) is 5.76. The number of benzene rings is 2. The van der Waals surface area contributed by atoms with E-state index in [1.165, 1.54) is 11.1 Å². The van der Waals surface area contributed by atoms with Gasteiger partial charge in [0, 0.05) is 18.0 Å². The van der Waals surface area contributed by atoms with Crippen molar-refractivity contribution in [2.24, 2.45) is 5.92 Å². The van der Waals surface area contributed by atoms with Crippen molar-refractivity contribution in [1.82, 2.24) is 5.32 Å². The fourth-order valence-electron chi connectivity index (χ4n) is 3.49. The van der Waals surface area contributed by atoms with E-state index in [2.05, 4.69) is 42.6 Å². The average molecular weight is 325 g/mol. The van der Waals surface area contributed by atoms with Gasteiger partial charge < -0.3 is 9.47 Å². The first-order chi connectivity index (χ1) is 11.8. The molecule has 2 aromatic rings. The van der Waals surface area contributed by atoms with Crippen molar-refractivity contribution in [2.75, 3.05) is 13.7 Å². The minimum absolute atomic E-state index is 0.0771. The number of rotatable bonds is 7. The molecule has 0 aliphatic carbocycles. The number of fused-ring (bicyclic) bond motifs is 1. The van der Waals surface area contributed by atoms with Crippen LogP contribution in [0.25, 0.3) is 0 Å². The third kappa shape index (κ3) is 3.90. The summed E-state index contributed by atoms with van der Waals surface area (Å²) < 4.78 is 11.8. The lowest BCUT2D eigenvalue weighted by atomic mass is 9.90. The Morgan fingerprint density at radius 3 is 2.71 bits per heavy atom. The van der Waals surface area contributed by atoms with Crippen molar-refractivity contribution in [3.05, 3.63) is 59.7 Å². The normalized spacial score (nSPS) is 19.4. The van der Waals surface area contributed by atoms with Crippen molar-refractivity contribution in [3.63, 3.8) is 0 Å². The molecule has 0 saturated heterocycles. The molecule has 128 valence electrons. The Morgan fingerprint density at radius 1 is 1.12 bits per heavy atom. The molecule has 0 fully saturated rings. The SMILES string of the molecule is CCCC1Cc2c(OC)cccc2OC1NCCc1ccccc1. The molecule has 0 aromatic heterocycles. The molecule has 2 atom stereocenters. The monoisotopic (exact) mass is 325 g/mol. The first-order valence-electron chi connectivity index (χ1n) is 8.91. The van der Waals surface area contributed by atoms with Crippen molar-refractivity contribution in [1.29, 1.82) is 0 Å². The Bertz CT molecular complexity index is 642. The molecule has 0 radical (unpaired) electrons. The maximum absolute atomic E-state index is 6.29. The summed E-state index contributed by atoms with van der Waals surface area (Å²) in [6.45, 7) is 3.16. The van der Waals surface area contributed by atoms with Gasteiger partial charge in [-0.2, -0.15) is 0 Å². The van der Waals surface area contributed by atoms with Gasteiger partial charge in [-0.3, -0.25) is 5.32 Å². The second-order valence-corrected chi connectivity index (χ2v) is 6.42. The zero-order chi connectivity index (χ0) is 16.8. The number of hydrogen-bond donors (Lipinski definition) is 1. The predicted molar refractivity (Wildman–Crippen MR) is 97.7 cm³/mol. The molecular formula is C21H27NO2. The largest absolute Gasteiger partial charge is 0.496 e. The quantitative estimate of drug-likeness (QED) is 0.827. The molecule has 3 heteroatoms. The molecule has 0 bridgehead atoms. The molecule has 3 nitrogen and oxygen atoms in total. The second-order valence-electron chi connectivity index (χ2n) is 6.42. The summed E-state index contributed by atoms with van der Waals surface area (Å²) in [5, 5.41) is 3.62. The Hall–Kier alpha value is -2.00. The summed E-state index contributed by atoms with van der Waals surface area (Å²) in [5.41, 5.74) is 2.56. The molecule has 1 N–H and O–H groups in total. The van der Waals surface area contributed by atoms with Crippen LogP contribution in [0.3, 0.4) is 0 Å². The smallest absolute Gasteiger partial charge is 0.153 e. The summed E-state index contributed by atoms with van der Waals surface area (Å²) in [6.07, 6.45) is 4.42. The maximum Gasteiger partial charge on any atom is 0.153 e. The predicted octanol–water partition coefficient (Wildman–Crippen LogP) is 4.20. The van der Waals surface area contributed by atoms with Gasteiger partial charge in [0.15, 0.2) is 6.23 Å². The highest BCUT2D eigenvalue weighted by Crippen LogP contribution is 2.37. The molecule has 2 aromatic carbocycles. The van der Waals surface area contributed by atoms with E-state index in [4.69, 9.17) is 9.47 Å². The van der Waals surface area contributed by atoms with E-state index in [0.29, 0.717) is 5.92 Å². The molecule has 2 unspecified atom stereocenters. The number of methoxy groups -OCH3 is 1. The van der Waals surface area contributed by atoms with Crippen LogP contribution in [0.1, 0.15) is 30.9 Å². The molecule has 1 aliphatic rings. The minimum atomic E-state index is 0.0771. The van der Waals surface area contributed by atoms with E-state index in [9.17, 15) is 0 Å². The molecule has 1 heterocycles. The molecule has 0 spiro atoms. The van der Waals surface area contributed by atoms with Gasteiger partial charge in [0.1, 0.15) is 11.5 Å². The van der Waals surface area contributed by atoms with Gasteiger partial charge >= 0.3 is 0 Å². The van der Waals surface area contributed by atoms with Crippen LogP contribution in [-0.2, 0) is 12.8 Å². The van der Waals surface area contributed by atoms with Gasteiger partial charge in [-0.05, 0) is 37.0 Å². The van der Waals surface area contributed by atoms with Crippen molar-refractivity contribution >= 4 is 0 Å². The van der Waals surface area contributed by atoms with E-state index >= 15 is 0 Å². The third-order valence-corrected chi connectivity index (χ3v) is 4.72. The van der Waals surface area contributed by atoms with Crippen molar-refractivity contribution in [3.8, 4) is 11.5 Å². The van der Waals surface area contributed by atoms with Crippen molar-refractivity contribution < 1.29 is 9.47 Å². The maximum atomic E-state index is 6.29. The Morgan fingerprint density at radius 2 is 1.96 bits per heavy atom. The topological polar surface area (TPSA) is 30.5 Å². The van der Waals surface area contributed by atoms with Gasteiger partial charge in [-0.25, -0.2) is 0 Å². The first-order valence-corrected chi connectivity index (χ1v) is 8.91. The zero-order valence-electron chi connectivity index (χ0n) is 14.6. The van der Waals surface area contributed by atoms with Crippen LogP contribution in [0.15, 0.2) is 48.5 Å². The van der Waals surface area contributed by atoms with Crippen molar-refractivity contribution in [2.45, 2.75) is 38.8 Å². The van der Waals surface area contributed by atoms with Crippen LogP contribution < -0.4 is 14.8 Å². The standard InChI is InChI=1S/C21H27NO2/c1-3-8-17-15-18-19(23-2)11-7-12-20(18)24-21(17)22-14-13-16-9-5-4-6-10-16/h4-7,9-12,17,21-22H,3,8,13-15H2,1-2H3. The Labute approximate surface area is 145 Å². The summed E-state index contributed by atoms with van der Waals surface area (Å²) in [6, 6.07) is 16.7. The fraction of sp³-hybridized carbons (Fsp3) is 0.429. The summed E-state index contributed by atoms with van der Waals surface area (Å²) >= 11 is 0. The van der Waals surface area contributed by atoms with Crippen LogP contribution in [0.5, 0.6) is 11.5 Å². The van der Waals surface area contributed by atoms with Gasteiger partial charge in [0.25, 0.3) is 0 Å². The minimum Gasteiger partial charge on any atom is -0.496 e. The fourth-order valence-corrected chi connectivity index (χ4v) is 3.49. The average Bonchev–Trinajstić information content (AvgIpc) is 2.62. The van der Waals surface area contributed by atoms with Gasteiger partial charge in [-0.1, -0.05) is 49.7 Å². The van der Waals surface area contributed by atoms with Crippen LogP contribution >= 0.6 is 0 Å². The van der Waals surface area contributed by atoms with E-state index in [0.717, 1.165) is 43.7 Å². The second kappa shape index (κ2) is 8.20. The lowest BCUT2D eigenvalue weighted by Gasteiger charge is -2.35. The number of ether oxygens (including phenoxy) is 2. The van der Waals surface area contributed by atoms with E-state index in [-0.39, 0.29) is 6.23 Å². The lowest BCUT2D eigenvalue weighted by Crippen LogP contribution is -2.45. The van der Waals surface area contributed by atoms with Crippen LogP contribution in [0, 0.1) is 5.92 Å². The molecule has 0 saturated carbocycles. The van der Waals surface area contributed by atoms with Crippen LogP contribution in [0.4, 0.5) is 0 Å².